The van der Waals surface area contributed by atoms with Crippen molar-refractivity contribution in [1.29, 1.82) is 0 Å². The van der Waals surface area contributed by atoms with E-state index in [1.54, 1.807) is 0 Å². The summed E-state index contributed by atoms with van der Waals surface area (Å²) in [5.74, 6) is 0. The van der Waals surface area contributed by atoms with Crippen LogP contribution in [0, 0.1) is 0 Å². The van der Waals surface area contributed by atoms with Gasteiger partial charge in [-0.1, -0.05) is 0 Å². The molecule has 0 aliphatic carbocycles. The predicted octanol–water partition coefficient (Wildman–Crippen LogP) is -0.505. The third kappa shape index (κ3) is 9.66. The van der Waals surface area contributed by atoms with Crippen molar-refractivity contribution in [2.45, 2.75) is 0 Å². The SMILES string of the molecule is [Li].[O]=[Co].[Ru]. The van der Waals surface area contributed by atoms with Crippen molar-refractivity contribution in [3.05, 3.63) is 0 Å². The minimum atomic E-state index is 0. The molecule has 0 aliphatic rings. The maximum absolute atomic E-state index is 7.94. The first-order chi connectivity index (χ1) is 1.00. The van der Waals surface area contributed by atoms with Crippen molar-refractivity contribution in [3.8, 4) is 0 Å². The molecule has 0 aromatic carbocycles. The van der Waals surface area contributed by atoms with E-state index in [0.717, 1.165) is 0 Å². The van der Waals surface area contributed by atoms with Gasteiger partial charge in [0.05, 0.1) is 0 Å². The van der Waals surface area contributed by atoms with Crippen molar-refractivity contribution in [2.24, 2.45) is 0 Å². The molecule has 0 saturated carbocycles. The van der Waals surface area contributed by atoms with Crippen molar-refractivity contribution in [2.75, 3.05) is 0 Å². The van der Waals surface area contributed by atoms with Gasteiger partial charge in [0.2, 0.25) is 0 Å². The molecule has 1 radical (unpaired) electrons. The fraction of sp³-hybridized carbons (Fsp3) is 0. The standard InChI is InChI=1S/Co.Li.O.Ru. The molecular formula is CoLiORu. The molecule has 4 heavy (non-hydrogen) atoms. The molecule has 0 aromatic rings. The van der Waals surface area contributed by atoms with Crippen molar-refractivity contribution in [3.63, 3.8) is 0 Å². The van der Waals surface area contributed by atoms with Gasteiger partial charge in [-0.2, -0.15) is 0 Å². The van der Waals surface area contributed by atoms with E-state index in [9.17, 15) is 0 Å². The van der Waals surface area contributed by atoms with E-state index >= 15 is 0 Å². The fourth-order valence-electron chi connectivity index (χ4n) is 0. The van der Waals surface area contributed by atoms with Crippen LogP contribution >= 0.6 is 0 Å². The first kappa shape index (κ1) is 17.7. The Morgan fingerprint density at radius 3 is 1.25 bits per heavy atom. The van der Waals surface area contributed by atoms with E-state index in [1.807, 2.05) is 0 Å². The molecule has 0 saturated heterocycles. The van der Waals surface area contributed by atoms with Gasteiger partial charge in [0.25, 0.3) is 0 Å². The van der Waals surface area contributed by atoms with E-state index in [0.29, 0.717) is 0 Å². The third-order valence-electron chi connectivity index (χ3n) is 0. The summed E-state index contributed by atoms with van der Waals surface area (Å²) in [6.07, 6.45) is 0. The fourth-order valence-corrected chi connectivity index (χ4v) is 0. The zero-order valence-corrected chi connectivity index (χ0v) is 4.87. The van der Waals surface area contributed by atoms with Crippen LogP contribution in [-0.2, 0) is 39.0 Å². The van der Waals surface area contributed by atoms with Crippen LogP contribution in [0.3, 0.4) is 0 Å². The summed E-state index contributed by atoms with van der Waals surface area (Å²) in [7, 11) is 0. The summed E-state index contributed by atoms with van der Waals surface area (Å²) in [5.41, 5.74) is 0. The first-order valence-corrected chi connectivity index (χ1v) is 0.561. The Morgan fingerprint density at radius 2 is 1.25 bits per heavy atom. The topological polar surface area (TPSA) is 17.1 Å². The van der Waals surface area contributed by atoms with Crippen LogP contribution in [0.1, 0.15) is 0 Å². The van der Waals surface area contributed by atoms with Crippen LogP contribution in [-0.4, -0.2) is 18.9 Å². The van der Waals surface area contributed by atoms with E-state index in [2.05, 4.69) is 15.7 Å². The summed E-state index contributed by atoms with van der Waals surface area (Å²) in [6.45, 7) is 0. The Balaban J connectivity index is -0.00000000500. The van der Waals surface area contributed by atoms with Gasteiger partial charge in [0.15, 0.2) is 0 Å². The molecule has 0 N–H and O–H groups in total. The molecular weight excluding hydrogens is 183 g/mol. The monoisotopic (exact) mass is 184 g/mol. The average molecular weight is 183 g/mol. The molecule has 0 fully saturated rings. The molecule has 0 bridgehead atoms. The van der Waals surface area contributed by atoms with Gasteiger partial charge in [-0.05, 0) is 0 Å². The molecule has 0 amide bonds. The normalized spacial score (nSPS) is 1.25. The van der Waals surface area contributed by atoms with Gasteiger partial charge >= 0.3 is 19.5 Å². The smallest absolute Gasteiger partial charge is 0 e. The van der Waals surface area contributed by atoms with E-state index < -0.39 is 0 Å². The second-order valence-corrected chi connectivity index (χ2v) is 0. The molecule has 0 aromatic heterocycles. The van der Waals surface area contributed by atoms with Crippen LogP contribution in [0.4, 0.5) is 0 Å². The summed E-state index contributed by atoms with van der Waals surface area (Å²) >= 11 is 2.31. The molecule has 1 nitrogen and oxygen atoms in total. The zero-order chi connectivity index (χ0) is 2.00. The van der Waals surface area contributed by atoms with Crippen LogP contribution < -0.4 is 0 Å². The summed E-state index contributed by atoms with van der Waals surface area (Å²) in [5, 5.41) is 0. The Labute approximate surface area is 57.6 Å². The molecule has 4 heteroatoms. The van der Waals surface area contributed by atoms with Gasteiger partial charge in [-0.15, -0.1) is 0 Å². The van der Waals surface area contributed by atoms with Crippen LogP contribution in [0.5, 0.6) is 0 Å². The van der Waals surface area contributed by atoms with Gasteiger partial charge in [0, 0.05) is 38.3 Å². The molecule has 24 valence electrons. The van der Waals surface area contributed by atoms with Crippen molar-refractivity contribution in [1.82, 2.24) is 0 Å². The Hall–Kier alpha value is 1.53. The van der Waals surface area contributed by atoms with Crippen molar-refractivity contribution >= 4 is 18.9 Å². The minimum absolute atomic E-state index is 0. The maximum atomic E-state index is 7.94. The molecule has 0 atom stereocenters. The Bertz CT molecular complexity index is 8.00. The van der Waals surface area contributed by atoms with Gasteiger partial charge in [-0.25, -0.2) is 0 Å². The summed E-state index contributed by atoms with van der Waals surface area (Å²) in [4.78, 5) is 0. The molecule has 0 spiro atoms. The summed E-state index contributed by atoms with van der Waals surface area (Å²) in [6, 6.07) is 0. The predicted molar refractivity (Wildman–Crippen MR) is 6.44 cm³/mol. The minimum Gasteiger partial charge on any atom is 0 e. The van der Waals surface area contributed by atoms with Crippen LogP contribution in [0.25, 0.3) is 0 Å². The van der Waals surface area contributed by atoms with Gasteiger partial charge in [-0.3, -0.25) is 0 Å². The maximum Gasteiger partial charge on any atom is 0 e. The number of hydrogen-bond donors (Lipinski definition) is 0. The third-order valence-corrected chi connectivity index (χ3v) is 0. The zero-order valence-electron chi connectivity index (χ0n) is 2.10. The van der Waals surface area contributed by atoms with E-state index in [4.69, 9.17) is 3.87 Å². The molecule has 0 heterocycles. The van der Waals surface area contributed by atoms with Gasteiger partial charge in [0.1, 0.15) is 0 Å². The molecule has 0 rings (SSSR count). The quantitative estimate of drug-likeness (QED) is 0.462. The average Bonchev–Trinajstić information content (AvgIpc) is 1.00. The van der Waals surface area contributed by atoms with E-state index in [-0.39, 0.29) is 38.3 Å². The molecule has 0 unspecified atom stereocenters. The van der Waals surface area contributed by atoms with Crippen molar-refractivity contribution < 1.29 is 39.0 Å². The summed E-state index contributed by atoms with van der Waals surface area (Å²) < 4.78 is 7.94. The molecule has 0 aliphatic heterocycles. The second-order valence-electron chi connectivity index (χ2n) is 0. The Kier molecular flexibility index (Phi) is 107. The van der Waals surface area contributed by atoms with E-state index in [1.165, 1.54) is 0 Å². The number of hydrogen-bond acceptors (Lipinski definition) is 1. The largest absolute Gasteiger partial charge is 0 e. The number of rotatable bonds is 0. The van der Waals surface area contributed by atoms with Gasteiger partial charge < -0.3 is 0 Å². The second kappa shape index (κ2) is 24.1. The Morgan fingerprint density at radius 1 is 1.25 bits per heavy atom. The van der Waals surface area contributed by atoms with Crippen LogP contribution in [0.15, 0.2) is 0 Å². The van der Waals surface area contributed by atoms with Crippen LogP contribution in [0.2, 0.25) is 0 Å². The first-order valence-electron chi connectivity index (χ1n) is 0.136.